The summed E-state index contributed by atoms with van der Waals surface area (Å²) in [5, 5.41) is 14.3. The molecule has 2 aromatic carbocycles. The molecule has 0 bridgehead atoms. The number of nitrogens with zero attached hydrogens (tertiary/aromatic N) is 2. The largest absolute Gasteiger partial charge is 0.462 e. The number of benzene rings is 2. The highest BCUT2D eigenvalue weighted by molar-refractivity contribution is 7.52. The van der Waals surface area contributed by atoms with Crippen LogP contribution in [0.2, 0.25) is 0 Å². The Morgan fingerprint density at radius 3 is 2.65 bits per heavy atom. The normalized spacial score (nSPS) is 25.0. The van der Waals surface area contributed by atoms with Crippen LogP contribution in [0.3, 0.4) is 0 Å². The monoisotopic (exact) mass is 579 g/mol. The van der Waals surface area contributed by atoms with Crippen LogP contribution in [0.4, 0.5) is 10.2 Å². The first-order chi connectivity index (χ1) is 18.8. The molecule has 13 nitrogen and oxygen atoms in total. The Labute approximate surface area is 228 Å². The van der Waals surface area contributed by atoms with E-state index in [1.54, 1.807) is 38.1 Å². The average molecular weight is 580 g/mol. The highest BCUT2D eigenvalue weighted by atomic mass is 31.2. The number of halogens is 1. The Morgan fingerprint density at radius 2 is 1.95 bits per heavy atom. The molecule has 2 heterocycles. The minimum Gasteiger partial charge on any atom is -0.462 e. The van der Waals surface area contributed by atoms with Crippen LogP contribution in [-0.2, 0) is 23.4 Å². The van der Waals surface area contributed by atoms with E-state index in [0.29, 0.717) is 5.39 Å². The van der Waals surface area contributed by atoms with Crippen molar-refractivity contribution in [3.05, 3.63) is 65.2 Å². The first kappa shape index (κ1) is 29.6. The molecule has 1 aliphatic rings. The maximum atomic E-state index is 15.3. The van der Waals surface area contributed by atoms with Crippen molar-refractivity contribution in [2.24, 2.45) is 5.73 Å². The summed E-state index contributed by atoms with van der Waals surface area (Å²) in [4.78, 5) is 28.2. The van der Waals surface area contributed by atoms with Crippen LogP contribution in [0.5, 0.6) is 5.75 Å². The Balaban J connectivity index is 1.61. The lowest BCUT2D eigenvalue weighted by Crippen LogP contribution is -2.53. The van der Waals surface area contributed by atoms with Gasteiger partial charge in [0.05, 0.1) is 6.10 Å². The number of ether oxygens (including phenoxy) is 2. The zero-order chi connectivity index (χ0) is 29.2. The molecule has 4 rings (SSSR count). The molecule has 0 aliphatic carbocycles. The first-order valence-electron chi connectivity index (χ1n) is 12.4. The lowest BCUT2D eigenvalue weighted by atomic mass is 10.1. The number of aliphatic hydroxyl groups excluding tert-OH is 1. The molecule has 3 aromatic rings. The number of fused-ring (bicyclic) bond motifs is 1. The van der Waals surface area contributed by atoms with Gasteiger partial charge in [0.15, 0.2) is 18.1 Å². The molecule has 40 heavy (non-hydrogen) atoms. The van der Waals surface area contributed by atoms with Gasteiger partial charge in [-0.05, 0) is 38.3 Å². The maximum absolute atomic E-state index is 15.3. The van der Waals surface area contributed by atoms with Gasteiger partial charge in [0.2, 0.25) is 0 Å². The first-order valence-corrected chi connectivity index (χ1v) is 13.9. The van der Waals surface area contributed by atoms with Gasteiger partial charge in [-0.3, -0.25) is 19.6 Å². The molecule has 6 atom stereocenters. The zero-order valence-corrected chi connectivity index (χ0v) is 22.9. The van der Waals surface area contributed by atoms with E-state index in [9.17, 15) is 19.3 Å². The number of anilines is 1. The van der Waals surface area contributed by atoms with Gasteiger partial charge in [-0.1, -0.05) is 36.4 Å². The van der Waals surface area contributed by atoms with Crippen molar-refractivity contribution in [1.29, 1.82) is 0 Å². The Kier molecular flexibility index (Phi) is 8.59. The number of rotatable bonds is 10. The summed E-state index contributed by atoms with van der Waals surface area (Å²) < 4.78 is 52.1. The predicted molar refractivity (Wildman–Crippen MR) is 143 cm³/mol. The quantitative estimate of drug-likeness (QED) is 0.202. The molecule has 0 spiro atoms. The van der Waals surface area contributed by atoms with Gasteiger partial charge >= 0.3 is 19.4 Å². The minimum atomic E-state index is -4.50. The summed E-state index contributed by atoms with van der Waals surface area (Å²) in [5.41, 5.74) is 8.31. The number of carbonyl (C=O) groups is 1. The number of nitrogens with one attached hydrogen (secondary N) is 1. The fraction of sp³-hybridized carbons (Fsp3) is 0.400. The van der Waals surface area contributed by atoms with Crippen LogP contribution in [0, 0.1) is 0 Å². The van der Waals surface area contributed by atoms with Crippen molar-refractivity contribution in [1.82, 2.24) is 14.6 Å². The number of hydrogen-bond donors (Lipinski definition) is 4. The second-order valence-electron chi connectivity index (χ2n) is 9.57. The molecule has 0 amide bonds. The van der Waals surface area contributed by atoms with Gasteiger partial charge in [-0.15, -0.1) is 0 Å². The van der Waals surface area contributed by atoms with Crippen LogP contribution in [0.15, 0.2) is 59.5 Å². The van der Waals surface area contributed by atoms with Crippen LogP contribution >= 0.6 is 7.75 Å². The Hall–Kier alpha value is -3.39. The van der Waals surface area contributed by atoms with Gasteiger partial charge in [0.25, 0.3) is 0 Å². The number of alkyl halides is 1. The number of esters is 1. The molecule has 1 saturated heterocycles. The van der Waals surface area contributed by atoms with E-state index in [0.717, 1.165) is 16.2 Å². The topological polar surface area (TPSA) is 190 Å². The number of hydrogen-bond acceptors (Lipinski definition) is 11. The second-order valence-corrected chi connectivity index (χ2v) is 11.3. The van der Waals surface area contributed by atoms with Gasteiger partial charge in [0, 0.05) is 11.6 Å². The molecule has 0 saturated carbocycles. The second kappa shape index (κ2) is 11.6. The van der Waals surface area contributed by atoms with E-state index in [4.69, 9.17) is 30.0 Å². The number of aromatic nitrogens is 2. The predicted octanol–water partition coefficient (Wildman–Crippen LogP) is 1.99. The van der Waals surface area contributed by atoms with E-state index in [-0.39, 0.29) is 11.6 Å². The van der Waals surface area contributed by atoms with Crippen LogP contribution < -0.4 is 26.8 Å². The summed E-state index contributed by atoms with van der Waals surface area (Å²) in [6.45, 7) is 3.76. The highest BCUT2D eigenvalue weighted by Crippen LogP contribution is 2.48. The van der Waals surface area contributed by atoms with Crippen molar-refractivity contribution in [3.8, 4) is 5.75 Å². The van der Waals surface area contributed by atoms with Crippen molar-refractivity contribution in [3.63, 3.8) is 0 Å². The van der Waals surface area contributed by atoms with E-state index in [2.05, 4.69) is 10.1 Å². The molecule has 6 N–H and O–H groups in total. The van der Waals surface area contributed by atoms with E-state index < -0.39 is 62.4 Å². The third kappa shape index (κ3) is 6.33. The Morgan fingerprint density at radius 1 is 1.25 bits per heavy atom. The van der Waals surface area contributed by atoms with Gasteiger partial charge in [0.1, 0.15) is 30.3 Å². The maximum Gasteiger partial charge on any atom is 0.459 e. The van der Waals surface area contributed by atoms with Crippen LogP contribution in [0.1, 0.15) is 27.0 Å². The van der Waals surface area contributed by atoms with E-state index in [1.807, 2.05) is 18.2 Å². The van der Waals surface area contributed by atoms with E-state index in [1.165, 1.54) is 13.0 Å². The third-order valence-corrected chi connectivity index (χ3v) is 7.62. The fourth-order valence-electron chi connectivity index (χ4n) is 4.05. The summed E-state index contributed by atoms with van der Waals surface area (Å²) in [6, 6.07) is 12.2. The highest BCUT2D eigenvalue weighted by Gasteiger charge is 2.55. The molecule has 216 valence electrons. The van der Waals surface area contributed by atoms with Gasteiger partial charge < -0.3 is 24.8 Å². The van der Waals surface area contributed by atoms with Crippen molar-refractivity contribution in [2.75, 3.05) is 12.3 Å². The van der Waals surface area contributed by atoms with Crippen LogP contribution in [0.25, 0.3) is 10.8 Å². The fourth-order valence-corrected chi connectivity index (χ4v) is 5.60. The number of nitrogens with two attached hydrogens (primary N) is 2. The van der Waals surface area contributed by atoms with Gasteiger partial charge in [-0.2, -0.15) is 10.1 Å². The lowest BCUT2D eigenvalue weighted by molar-refractivity contribution is -0.149. The molecule has 1 unspecified atom stereocenters. The number of carbonyl (C=O) groups excluding carboxylic acids is 1. The van der Waals surface area contributed by atoms with E-state index >= 15 is 4.39 Å². The molecule has 0 radical (unpaired) electrons. The van der Waals surface area contributed by atoms with Crippen LogP contribution in [-0.4, -0.2) is 57.4 Å². The van der Waals surface area contributed by atoms with Crippen molar-refractivity contribution < 1.29 is 37.4 Å². The lowest BCUT2D eigenvalue weighted by Gasteiger charge is -2.29. The molecule has 1 aliphatic heterocycles. The number of aliphatic hydroxyl groups is 1. The number of nitrogen functional groups attached to an aromatic ring is 1. The molecular weight excluding hydrogens is 548 g/mol. The average Bonchev–Trinajstić information content (AvgIpc) is 3.12. The summed E-state index contributed by atoms with van der Waals surface area (Å²) in [6.07, 6.45) is -5.09. The van der Waals surface area contributed by atoms with Crippen molar-refractivity contribution >= 4 is 30.3 Å². The Bertz CT molecular complexity index is 1480. The van der Waals surface area contributed by atoms with Crippen molar-refractivity contribution in [2.45, 2.75) is 57.1 Å². The standard InChI is InChI=1S/C25H31FN5O8P/c1-14(2)37-23(33)15(3)30-40(35,39-18-10-6-8-16-7-4-5-9-17(16)18)36-13-25(28)21(26)20(32)22(38-25)31-12-11-19(27)29-24(31)34/h4-12,14-15,20-22,32H,13,28H2,1-3H3,(H,30,35)(H2,27,29,34)/t15-,20+,21-,22+,25+,40?/m0/s1. The summed E-state index contributed by atoms with van der Waals surface area (Å²) >= 11 is 0. The summed E-state index contributed by atoms with van der Waals surface area (Å²) in [7, 11) is -4.50. The molecule has 1 fully saturated rings. The third-order valence-electron chi connectivity index (χ3n) is 6.01. The SMILES string of the molecule is CC(C)OC(=O)[C@H](C)NP(=O)(OC[C@@]1(N)O[C@@H](n2ccc(N)nc2=O)[C@H](O)[C@@H]1F)Oc1cccc2ccccc12. The molecular formula is C25H31FN5O8P. The minimum absolute atomic E-state index is 0.0874. The summed E-state index contributed by atoms with van der Waals surface area (Å²) in [5.74, 6) is -0.685. The van der Waals surface area contributed by atoms with Gasteiger partial charge in [-0.25, -0.2) is 13.8 Å². The molecule has 15 heteroatoms. The smallest absolute Gasteiger partial charge is 0.459 e. The molecule has 1 aromatic heterocycles. The zero-order valence-electron chi connectivity index (χ0n) is 22.0.